The molecule has 4 aromatic rings. The quantitative estimate of drug-likeness (QED) is 0.373. The predicted molar refractivity (Wildman–Crippen MR) is 130 cm³/mol. The van der Waals surface area contributed by atoms with Gasteiger partial charge in [0.15, 0.2) is 0 Å². The highest BCUT2D eigenvalue weighted by atomic mass is 16.3. The lowest BCUT2D eigenvalue weighted by Gasteiger charge is -2.18. The number of imidazole rings is 2. The third-order valence-corrected chi connectivity index (χ3v) is 5.95. The van der Waals surface area contributed by atoms with Gasteiger partial charge in [0.2, 0.25) is 0 Å². The number of hydrogen-bond donors (Lipinski definition) is 3. The van der Waals surface area contributed by atoms with Crippen molar-refractivity contribution in [1.82, 2.24) is 29.6 Å². The molecule has 3 aromatic heterocycles. The van der Waals surface area contributed by atoms with Gasteiger partial charge in [0.1, 0.15) is 17.2 Å². The van der Waals surface area contributed by atoms with E-state index in [1.807, 2.05) is 50.6 Å². The zero-order valence-corrected chi connectivity index (χ0v) is 19.9. The molecule has 1 atom stereocenters. The van der Waals surface area contributed by atoms with Crippen molar-refractivity contribution in [2.45, 2.75) is 39.8 Å². The van der Waals surface area contributed by atoms with Crippen LogP contribution in [0.15, 0.2) is 42.7 Å². The van der Waals surface area contributed by atoms with E-state index in [1.54, 1.807) is 22.7 Å². The highest BCUT2D eigenvalue weighted by Gasteiger charge is 2.20. The molecule has 0 bridgehead atoms. The van der Waals surface area contributed by atoms with Crippen LogP contribution in [0.2, 0.25) is 0 Å². The number of benzene rings is 1. The maximum Gasteiger partial charge on any atom is 0.270 e. The molecule has 3 heterocycles. The van der Waals surface area contributed by atoms with Gasteiger partial charge in [-0.2, -0.15) is 0 Å². The second-order valence-corrected chi connectivity index (χ2v) is 8.97. The van der Waals surface area contributed by atoms with Crippen molar-refractivity contribution < 1.29 is 14.7 Å². The summed E-state index contributed by atoms with van der Waals surface area (Å²) in [4.78, 5) is 34.6. The van der Waals surface area contributed by atoms with Crippen molar-refractivity contribution in [2.24, 2.45) is 13.0 Å². The number of fused-ring (bicyclic) bond motifs is 2. The van der Waals surface area contributed by atoms with Crippen molar-refractivity contribution in [3.8, 4) is 0 Å². The normalized spacial score (nSPS) is 12.4. The van der Waals surface area contributed by atoms with Gasteiger partial charge in [0, 0.05) is 19.8 Å². The van der Waals surface area contributed by atoms with Gasteiger partial charge in [-0.05, 0) is 49.1 Å². The number of amides is 2. The average molecular weight is 463 g/mol. The molecule has 1 aromatic carbocycles. The van der Waals surface area contributed by atoms with Crippen LogP contribution in [-0.2, 0) is 13.6 Å². The Balaban J connectivity index is 1.50. The van der Waals surface area contributed by atoms with Gasteiger partial charge in [-0.3, -0.25) is 14.0 Å². The van der Waals surface area contributed by atoms with Crippen LogP contribution in [0.5, 0.6) is 0 Å². The van der Waals surface area contributed by atoms with Crippen molar-refractivity contribution in [3.63, 3.8) is 0 Å². The van der Waals surface area contributed by atoms with Crippen LogP contribution in [0, 0.1) is 12.8 Å². The van der Waals surface area contributed by atoms with E-state index in [2.05, 4.69) is 20.6 Å². The van der Waals surface area contributed by atoms with Crippen LogP contribution < -0.4 is 10.6 Å². The fraction of sp³-hybridized carbons (Fsp3) is 0.360. The molecular weight excluding hydrogens is 432 g/mol. The van der Waals surface area contributed by atoms with Gasteiger partial charge in [-0.15, -0.1) is 0 Å². The molecule has 0 aliphatic heterocycles. The fourth-order valence-corrected chi connectivity index (χ4v) is 4.12. The number of aryl methyl sites for hydroxylation is 2. The van der Waals surface area contributed by atoms with Crippen molar-refractivity contribution in [3.05, 3.63) is 65.4 Å². The molecular formula is C25H30N6O3. The number of nitrogens with one attached hydrogen (secondary N) is 2. The highest BCUT2D eigenvalue weighted by molar-refractivity contribution is 6.01. The Bertz CT molecular complexity index is 1350. The number of aromatic nitrogens is 4. The second kappa shape index (κ2) is 9.64. The maximum absolute atomic E-state index is 13.0. The first-order valence-corrected chi connectivity index (χ1v) is 11.4. The lowest BCUT2D eigenvalue weighted by molar-refractivity contribution is 0.0900. The first-order chi connectivity index (χ1) is 16.3. The predicted octanol–water partition coefficient (Wildman–Crippen LogP) is 2.60. The summed E-state index contributed by atoms with van der Waals surface area (Å²) in [5, 5.41) is 15.4. The first kappa shape index (κ1) is 23.4. The van der Waals surface area contributed by atoms with E-state index < -0.39 is 0 Å². The summed E-state index contributed by atoms with van der Waals surface area (Å²) < 4.78 is 3.62. The third-order valence-electron chi connectivity index (χ3n) is 5.95. The third kappa shape index (κ3) is 4.65. The van der Waals surface area contributed by atoms with E-state index in [-0.39, 0.29) is 24.5 Å². The van der Waals surface area contributed by atoms with Gasteiger partial charge >= 0.3 is 0 Å². The Hall–Kier alpha value is -3.72. The van der Waals surface area contributed by atoms with Crippen molar-refractivity contribution in [1.29, 1.82) is 0 Å². The number of hydrogen-bond acceptors (Lipinski definition) is 5. The van der Waals surface area contributed by atoms with Gasteiger partial charge in [0.25, 0.3) is 11.8 Å². The minimum atomic E-state index is -0.344. The minimum Gasteiger partial charge on any atom is -0.394 e. The molecule has 3 N–H and O–H groups in total. The highest BCUT2D eigenvalue weighted by Crippen LogP contribution is 2.17. The second-order valence-electron chi connectivity index (χ2n) is 8.97. The topological polar surface area (TPSA) is 114 Å². The van der Waals surface area contributed by atoms with Crippen LogP contribution in [0.3, 0.4) is 0 Å². The van der Waals surface area contributed by atoms with E-state index in [1.165, 1.54) is 6.20 Å². The van der Waals surface area contributed by atoms with E-state index in [0.717, 1.165) is 22.4 Å². The van der Waals surface area contributed by atoms with Gasteiger partial charge in [-0.1, -0.05) is 19.9 Å². The molecule has 9 nitrogen and oxygen atoms in total. The Morgan fingerprint density at radius 1 is 1.18 bits per heavy atom. The Morgan fingerprint density at radius 2 is 1.97 bits per heavy atom. The molecule has 0 saturated carbocycles. The van der Waals surface area contributed by atoms with Crippen LogP contribution in [0.4, 0.5) is 0 Å². The molecule has 0 spiro atoms. The van der Waals surface area contributed by atoms with E-state index in [0.29, 0.717) is 35.8 Å². The summed E-state index contributed by atoms with van der Waals surface area (Å²) in [5.74, 6) is 0.631. The molecule has 178 valence electrons. The van der Waals surface area contributed by atoms with Gasteiger partial charge in [-0.25, -0.2) is 9.97 Å². The van der Waals surface area contributed by atoms with Crippen molar-refractivity contribution >= 4 is 28.5 Å². The number of aliphatic hydroxyl groups excluding tert-OH is 1. The summed E-state index contributed by atoms with van der Waals surface area (Å²) in [7, 11) is 1.97. The van der Waals surface area contributed by atoms with Crippen LogP contribution in [0.25, 0.3) is 16.7 Å². The largest absolute Gasteiger partial charge is 0.394 e. The molecule has 0 radical (unpaired) electrons. The van der Waals surface area contributed by atoms with Crippen LogP contribution >= 0.6 is 0 Å². The summed E-state index contributed by atoms with van der Waals surface area (Å²) >= 11 is 0. The zero-order chi connectivity index (χ0) is 24.4. The maximum atomic E-state index is 13.0. The van der Waals surface area contributed by atoms with Gasteiger partial charge < -0.3 is 20.3 Å². The number of aliphatic hydroxyl groups is 1. The monoisotopic (exact) mass is 462 g/mol. The molecule has 0 unspecified atom stereocenters. The zero-order valence-electron chi connectivity index (χ0n) is 19.9. The Kier molecular flexibility index (Phi) is 6.65. The number of pyridine rings is 1. The molecule has 2 amide bonds. The number of nitrogens with zero attached hydrogens (tertiary/aromatic N) is 4. The molecule has 34 heavy (non-hydrogen) atoms. The summed E-state index contributed by atoms with van der Waals surface area (Å²) in [6, 6.07) is 8.98. The molecule has 0 fully saturated rings. The van der Waals surface area contributed by atoms with Gasteiger partial charge in [0.05, 0.1) is 35.4 Å². The Labute approximate surface area is 197 Å². The smallest absolute Gasteiger partial charge is 0.270 e. The van der Waals surface area contributed by atoms with E-state index in [9.17, 15) is 14.7 Å². The van der Waals surface area contributed by atoms with Crippen molar-refractivity contribution in [2.75, 3.05) is 6.61 Å². The van der Waals surface area contributed by atoms with E-state index >= 15 is 0 Å². The standard InChI is InChI=1S/C25H30N6O3/c1-15(2)10-18(14-32)29-25(34)22-13-26-23-19(6-5-9-31(22)23)24(33)27-12-17-7-8-21-20(11-17)28-16(3)30(21)4/h5-9,11,13,15,18,32H,10,12,14H2,1-4H3,(H,27,33)(H,29,34)/t18-/m0/s1. The summed E-state index contributed by atoms with van der Waals surface area (Å²) in [6.07, 6.45) is 3.81. The van der Waals surface area contributed by atoms with Crippen LogP contribution in [-0.4, -0.2) is 48.5 Å². The number of rotatable bonds is 8. The molecule has 4 rings (SSSR count). The van der Waals surface area contributed by atoms with Crippen LogP contribution in [0.1, 0.15) is 52.5 Å². The molecule has 0 saturated heterocycles. The lowest BCUT2D eigenvalue weighted by Crippen LogP contribution is -2.38. The minimum absolute atomic E-state index is 0.141. The SMILES string of the molecule is Cc1nc2cc(CNC(=O)c3cccn4c(C(=O)N[C@H](CO)CC(C)C)cnc34)ccc2n1C. The first-order valence-electron chi connectivity index (χ1n) is 11.4. The molecule has 0 aliphatic rings. The summed E-state index contributed by atoms with van der Waals surface area (Å²) in [6.45, 7) is 6.22. The average Bonchev–Trinajstić information content (AvgIpc) is 3.37. The fourth-order valence-electron chi connectivity index (χ4n) is 4.12. The molecule has 0 aliphatic carbocycles. The lowest BCUT2D eigenvalue weighted by atomic mass is 10.0. The number of carbonyl (C=O) groups is 2. The molecule has 9 heteroatoms. The summed E-state index contributed by atoms with van der Waals surface area (Å²) in [5.41, 5.74) is 3.94. The van der Waals surface area contributed by atoms with E-state index in [4.69, 9.17) is 0 Å². The Morgan fingerprint density at radius 3 is 2.71 bits per heavy atom. The number of carbonyl (C=O) groups excluding carboxylic acids is 2.